The average molecular weight is 255 g/mol. The third kappa shape index (κ3) is 8.10. The van der Waals surface area contributed by atoms with Crippen LogP contribution in [0.25, 0.3) is 0 Å². The SMILES string of the molecule is CCCCCCCCCCNC1CCOC(C)C1. The van der Waals surface area contributed by atoms with Crippen molar-refractivity contribution < 1.29 is 4.74 Å². The van der Waals surface area contributed by atoms with E-state index in [-0.39, 0.29) is 0 Å². The fourth-order valence-corrected chi connectivity index (χ4v) is 2.75. The van der Waals surface area contributed by atoms with E-state index in [1.165, 1.54) is 70.8 Å². The van der Waals surface area contributed by atoms with Crippen LogP contribution < -0.4 is 5.32 Å². The van der Waals surface area contributed by atoms with E-state index in [1.807, 2.05) is 0 Å². The van der Waals surface area contributed by atoms with Crippen LogP contribution >= 0.6 is 0 Å². The third-order valence-corrected chi connectivity index (χ3v) is 3.95. The maximum Gasteiger partial charge on any atom is 0.0561 e. The Hall–Kier alpha value is -0.0800. The van der Waals surface area contributed by atoms with Crippen LogP contribution in [0.1, 0.15) is 78.1 Å². The van der Waals surface area contributed by atoms with Crippen molar-refractivity contribution >= 4 is 0 Å². The van der Waals surface area contributed by atoms with Crippen LogP contribution in [0.4, 0.5) is 0 Å². The van der Waals surface area contributed by atoms with Crippen molar-refractivity contribution in [3.05, 3.63) is 0 Å². The summed E-state index contributed by atoms with van der Waals surface area (Å²) in [5.41, 5.74) is 0. The van der Waals surface area contributed by atoms with Crippen LogP contribution in [0.5, 0.6) is 0 Å². The Morgan fingerprint density at radius 1 is 1.00 bits per heavy atom. The zero-order valence-electron chi connectivity index (χ0n) is 12.5. The largest absolute Gasteiger partial charge is 0.378 e. The average Bonchev–Trinajstić information content (AvgIpc) is 2.37. The molecule has 0 aromatic carbocycles. The molecule has 1 saturated heterocycles. The van der Waals surface area contributed by atoms with E-state index in [4.69, 9.17) is 4.74 Å². The second-order valence-electron chi connectivity index (χ2n) is 5.83. The Morgan fingerprint density at radius 2 is 1.67 bits per heavy atom. The molecule has 1 rings (SSSR count). The minimum Gasteiger partial charge on any atom is -0.378 e. The zero-order valence-corrected chi connectivity index (χ0v) is 12.5. The fraction of sp³-hybridized carbons (Fsp3) is 1.00. The first-order valence-corrected chi connectivity index (χ1v) is 8.18. The highest BCUT2D eigenvalue weighted by Crippen LogP contribution is 2.13. The molecule has 0 aromatic rings. The van der Waals surface area contributed by atoms with Gasteiger partial charge in [0, 0.05) is 12.6 Å². The molecule has 1 fully saturated rings. The summed E-state index contributed by atoms with van der Waals surface area (Å²) in [6.45, 7) is 6.61. The van der Waals surface area contributed by atoms with Gasteiger partial charge in [0.25, 0.3) is 0 Å². The number of unbranched alkanes of at least 4 members (excludes halogenated alkanes) is 7. The Balaban J connectivity index is 1.80. The van der Waals surface area contributed by atoms with Gasteiger partial charge in [0.1, 0.15) is 0 Å². The van der Waals surface area contributed by atoms with E-state index in [2.05, 4.69) is 19.2 Å². The Morgan fingerprint density at radius 3 is 2.33 bits per heavy atom. The smallest absolute Gasteiger partial charge is 0.0561 e. The van der Waals surface area contributed by atoms with Crippen LogP contribution in [0.2, 0.25) is 0 Å². The molecule has 1 N–H and O–H groups in total. The van der Waals surface area contributed by atoms with Gasteiger partial charge in [-0.05, 0) is 32.7 Å². The summed E-state index contributed by atoms with van der Waals surface area (Å²) in [7, 11) is 0. The fourth-order valence-electron chi connectivity index (χ4n) is 2.75. The second-order valence-corrected chi connectivity index (χ2v) is 5.83. The van der Waals surface area contributed by atoms with Crippen LogP contribution in [-0.2, 0) is 4.74 Å². The van der Waals surface area contributed by atoms with Gasteiger partial charge in [-0.2, -0.15) is 0 Å². The summed E-state index contributed by atoms with van der Waals surface area (Å²) in [5.74, 6) is 0. The lowest BCUT2D eigenvalue weighted by Crippen LogP contribution is -2.38. The summed E-state index contributed by atoms with van der Waals surface area (Å²) < 4.78 is 5.56. The summed E-state index contributed by atoms with van der Waals surface area (Å²) in [4.78, 5) is 0. The van der Waals surface area contributed by atoms with Crippen molar-refractivity contribution in [3.63, 3.8) is 0 Å². The van der Waals surface area contributed by atoms with Crippen LogP contribution in [0.15, 0.2) is 0 Å². The molecular weight excluding hydrogens is 222 g/mol. The van der Waals surface area contributed by atoms with Crippen LogP contribution in [0.3, 0.4) is 0 Å². The normalized spacial score (nSPS) is 24.3. The molecule has 1 heterocycles. The highest BCUT2D eigenvalue weighted by Gasteiger charge is 2.17. The maximum absolute atomic E-state index is 5.56. The van der Waals surface area contributed by atoms with Gasteiger partial charge < -0.3 is 10.1 Å². The minimum absolute atomic E-state index is 0.454. The molecule has 0 aliphatic carbocycles. The van der Waals surface area contributed by atoms with E-state index < -0.39 is 0 Å². The molecule has 1 aliphatic heterocycles. The van der Waals surface area contributed by atoms with Gasteiger partial charge in [-0.15, -0.1) is 0 Å². The Labute approximate surface area is 114 Å². The number of ether oxygens (including phenoxy) is 1. The lowest BCUT2D eigenvalue weighted by Gasteiger charge is -2.28. The predicted octanol–water partition coefficient (Wildman–Crippen LogP) is 4.28. The zero-order chi connectivity index (χ0) is 13.1. The number of nitrogens with one attached hydrogen (secondary N) is 1. The van der Waals surface area contributed by atoms with Crippen molar-refractivity contribution in [1.82, 2.24) is 5.32 Å². The van der Waals surface area contributed by atoms with E-state index in [0.717, 1.165) is 6.61 Å². The van der Waals surface area contributed by atoms with E-state index in [1.54, 1.807) is 0 Å². The molecule has 1 aliphatic rings. The molecule has 18 heavy (non-hydrogen) atoms. The van der Waals surface area contributed by atoms with Gasteiger partial charge in [-0.1, -0.05) is 51.9 Å². The first kappa shape index (κ1) is 16.0. The van der Waals surface area contributed by atoms with Crippen molar-refractivity contribution in [2.45, 2.75) is 90.2 Å². The van der Waals surface area contributed by atoms with Gasteiger partial charge >= 0.3 is 0 Å². The molecule has 0 amide bonds. The monoisotopic (exact) mass is 255 g/mol. The topological polar surface area (TPSA) is 21.3 Å². The Kier molecular flexibility index (Phi) is 9.59. The van der Waals surface area contributed by atoms with Crippen molar-refractivity contribution in [3.8, 4) is 0 Å². The second kappa shape index (κ2) is 10.8. The molecule has 2 nitrogen and oxygen atoms in total. The molecule has 2 heteroatoms. The highest BCUT2D eigenvalue weighted by atomic mass is 16.5. The van der Waals surface area contributed by atoms with Gasteiger partial charge in [0.05, 0.1) is 6.10 Å². The molecule has 108 valence electrons. The summed E-state index contributed by atoms with van der Waals surface area (Å²) in [6.07, 6.45) is 14.1. The standard InChI is InChI=1S/C16H33NO/c1-3-4-5-6-7-8-9-10-12-17-16-11-13-18-15(2)14-16/h15-17H,3-14H2,1-2H3. The summed E-state index contributed by atoms with van der Waals surface area (Å²) >= 11 is 0. The van der Waals surface area contributed by atoms with Gasteiger partial charge in [-0.25, -0.2) is 0 Å². The number of hydrogen-bond donors (Lipinski definition) is 1. The lowest BCUT2D eigenvalue weighted by molar-refractivity contribution is 0.0134. The van der Waals surface area contributed by atoms with Gasteiger partial charge in [0.15, 0.2) is 0 Å². The summed E-state index contributed by atoms with van der Waals surface area (Å²) in [6, 6.07) is 0.707. The van der Waals surface area contributed by atoms with E-state index >= 15 is 0 Å². The van der Waals surface area contributed by atoms with Gasteiger partial charge in [-0.3, -0.25) is 0 Å². The molecular formula is C16H33NO. The molecule has 0 radical (unpaired) electrons. The van der Waals surface area contributed by atoms with Gasteiger partial charge in [0.2, 0.25) is 0 Å². The van der Waals surface area contributed by atoms with E-state index in [9.17, 15) is 0 Å². The molecule has 0 bridgehead atoms. The quantitative estimate of drug-likeness (QED) is 0.588. The van der Waals surface area contributed by atoms with Crippen LogP contribution in [-0.4, -0.2) is 25.3 Å². The number of rotatable bonds is 10. The first-order valence-electron chi connectivity index (χ1n) is 8.18. The lowest BCUT2D eigenvalue weighted by atomic mass is 10.0. The highest BCUT2D eigenvalue weighted by molar-refractivity contribution is 4.74. The number of hydrogen-bond acceptors (Lipinski definition) is 2. The predicted molar refractivity (Wildman–Crippen MR) is 79.0 cm³/mol. The first-order chi connectivity index (χ1) is 8.83. The molecule has 2 atom stereocenters. The van der Waals surface area contributed by atoms with Crippen molar-refractivity contribution in [2.24, 2.45) is 0 Å². The molecule has 0 spiro atoms. The summed E-state index contributed by atoms with van der Waals surface area (Å²) in [5, 5.41) is 3.68. The van der Waals surface area contributed by atoms with Crippen molar-refractivity contribution in [1.29, 1.82) is 0 Å². The maximum atomic E-state index is 5.56. The third-order valence-electron chi connectivity index (χ3n) is 3.95. The molecule has 0 aromatic heterocycles. The van der Waals surface area contributed by atoms with Crippen molar-refractivity contribution in [2.75, 3.05) is 13.2 Å². The Bertz CT molecular complexity index is 184. The molecule has 2 unspecified atom stereocenters. The van der Waals surface area contributed by atoms with Crippen LogP contribution in [0, 0.1) is 0 Å². The minimum atomic E-state index is 0.454. The van der Waals surface area contributed by atoms with E-state index in [0.29, 0.717) is 12.1 Å². The molecule has 0 saturated carbocycles.